The maximum atomic E-state index is 6.16. The summed E-state index contributed by atoms with van der Waals surface area (Å²) in [5, 5.41) is 0.809. The van der Waals surface area contributed by atoms with E-state index in [1.165, 1.54) is 32.1 Å². The Bertz CT molecular complexity index is 413. The highest BCUT2D eigenvalue weighted by atomic mass is 35.5. The van der Waals surface area contributed by atoms with Gasteiger partial charge in [0.05, 0.1) is 6.10 Å². The molecule has 0 radical (unpaired) electrons. The molecule has 1 aliphatic heterocycles. The molecule has 1 unspecified atom stereocenters. The summed E-state index contributed by atoms with van der Waals surface area (Å²) in [4.78, 5) is 0. The van der Waals surface area contributed by atoms with E-state index in [-0.39, 0.29) is 6.29 Å². The van der Waals surface area contributed by atoms with Gasteiger partial charge in [0.25, 0.3) is 0 Å². The average molecular weight is 267 g/mol. The molecule has 3 heteroatoms. The minimum Gasteiger partial charge on any atom is -0.465 e. The van der Waals surface area contributed by atoms with Gasteiger partial charge < -0.3 is 9.47 Å². The lowest BCUT2D eigenvalue weighted by atomic mass is 9.97. The summed E-state index contributed by atoms with van der Waals surface area (Å²) in [5.41, 5.74) is 1.13. The molecule has 98 valence electrons. The maximum Gasteiger partial charge on any atom is 0.200 e. The van der Waals surface area contributed by atoms with Crippen molar-refractivity contribution in [2.45, 2.75) is 57.3 Å². The number of rotatable bonds is 2. The van der Waals surface area contributed by atoms with E-state index in [9.17, 15) is 0 Å². The summed E-state index contributed by atoms with van der Waals surface area (Å²) >= 11 is 6.16. The van der Waals surface area contributed by atoms with Gasteiger partial charge in [-0.3, -0.25) is 0 Å². The van der Waals surface area contributed by atoms with E-state index in [0.717, 1.165) is 29.2 Å². The number of fused-ring (bicyclic) bond motifs is 1. The Morgan fingerprint density at radius 2 is 1.94 bits per heavy atom. The first-order valence-electron chi connectivity index (χ1n) is 6.92. The minimum absolute atomic E-state index is 0.0842. The van der Waals surface area contributed by atoms with Gasteiger partial charge in [0.2, 0.25) is 0 Å². The molecular weight excluding hydrogens is 248 g/mol. The largest absolute Gasteiger partial charge is 0.465 e. The van der Waals surface area contributed by atoms with Crippen molar-refractivity contribution in [1.29, 1.82) is 0 Å². The molecule has 1 saturated carbocycles. The van der Waals surface area contributed by atoms with E-state index < -0.39 is 0 Å². The lowest BCUT2D eigenvalue weighted by Gasteiger charge is -2.31. The van der Waals surface area contributed by atoms with Crippen molar-refractivity contribution >= 4 is 11.6 Å². The van der Waals surface area contributed by atoms with Gasteiger partial charge in [-0.1, -0.05) is 36.9 Å². The normalized spacial score (nSPS) is 24.4. The van der Waals surface area contributed by atoms with Gasteiger partial charge in [0.1, 0.15) is 5.75 Å². The summed E-state index contributed by atoms with van der Waals surface area (Å²) < 4.78 is 12.0. The first kappa shape index (κ1) is 12.3. The molecule has 0 amide bonds. The van der Waals surface area contributed by atoms with Crippen LogP contribution in [0, 0.1) is 0 Å². The Kier molecular flexibility index (Phi) is 3.76. The number of ether oxygens (including phenoxy) is 2. The van der Waals surface area contributed by atoms with Gasteiger partial charge >= 0.3 is 0 Å². The molecule has 1 aliphatic carbocycles. The van der Waals surface area contributed by atoms with Crippen molar-refractivity contribution in [1.82, 2.24) is 0 Å². The fourth-order valence-electron chi connectivity index (χ4n) is 2.87. The van der Waals surface area contributed by atoms with Crippen LogP contribution in [0.4, 0.5) is 0 Å². The number of halogens is 1. The van der Waals surface area contributed by atoms with Gasteiger partial charge in [-0.25, -0.2) is 0 Å². The first-order chi connectivity index (χ1) is 8.83. The standard InChI is InChI=1S/C15H19ClO2/c16-13-7-4-8-14-12(13)9-10-15(18-14)17-11-5-2-1-3-6-11/h4,7-8,11,15H,1-3,5-6,9-10H2. The Morgan fingerprint density at radius 3 is 2.78 bits per heavy atom. The van der Waals surface area contributed by atoms with Crippen LogP contribution in [0.5, 0.6) is 5.75 Å². The van der Waals surface area contributed by atoms with Crippen molar-refractivity contribution in [3.8, 4) is 5.75 Å². The summed E-state index contributed by atoms with van der Waals surface area (Å²) in [6.07, 6.45) is 8.47. The van der Waals surface area contributed by atoms with E-state index in [2.05, 4.69) is 0 Å². The third kappa shape index (κ3) is 2.65. The van der Waals surface area contributed by atoms with Crippen LogP contribution < -0.4 is 4.74 Å². The Hall–Kier alpha value is -0.730. The fourth-order valence-corrected chi connectivity index (χ4v) is 3.13. The SMILES string of the molecule is Clc1cccc2c1CCC(OC1CCCCC1)O2. The molecule has 18 heavy (non-hydrogen) atoms. The van der Waals surface area contributed by atoms with Crippen molar-refractivity contribution in [2.24, 2.45) is 0 Å². The van der Waals surface area contributed by atoms with Crippen molar-refractivity contribution in [3.63, 3.8) is 0 Å². The number of hydrogen-bond donors (Lipinski definition) is 0. The summed E-state index contributed by atoms with van der Waals surface area (Å²) in [5.74, 6) is 0.898. The van der Waals surface area contributed by atoms with Crippen LogP contribution >= 0.6 is 11.6 Å². The van der Waals surface area contributed by atoms with Gasteiger partial charge in [-0.15, -0.1) is 0 Å². The van der Waals surface area contributed by atoms with Gasteiger partial charge in [-0.05, 0) is 31.4 Å². The second kappa shape index (κ2) is 5.50. The molecule has 1 heterocycles. The predicted octanol–water partition coefficient (Wildman–Crippen LogP) is 4.34. The molecule has 0 aromatic heterocycles. The molecule has 1 aromatic rings. The smallest absolute Gasteiger partial charge is 0.200 e. The van der Waals surface area contributed by atoms with Crippen LogP contribution in [0.2, 0.25) is 5.02 Å². The molecule has 1 aromatic carbocycles. The van der Waals surface area contributed by atoms with Crippen LogP contribution in [0.25, 0.3) is 0 Å². The molecule has 1 atom stereocenters. The summed E-state index contributed by atoms with van der Waals surface area (Å²) in [7, 11) is 0. The highest BCUT2D eigenvalue weighted by Gasteiger charge is 2.25. The fraction of sp³-hybridized carbons (Fsp3) is 0.600. The zero-order valence-corrected chi connectivity index (χ0v) is 11.3. The molecule has 0 N–H and O–H groups in total. The maximum absolute atomic E-state index is 6.16. The highest BCUT2D eigenvalue weighted by Crippen LogP contribution is 2.34. The van der Waals surface area contributed by atoms with Crippen molar-refractivity contribution in [2.75, 3.05) is 0 Å². The van der Waals surface area contributed by atoms with Gasteiger partial charge in [-0.2, -0.15) is 0 Å². The molecule has 3 rings (SSSR count). The van der Waals surface area contributed by atoms with Crippen LogP contribution in [0.1, 0.15) is 44.1 Å². The molecule has 2 nitrogen and oxygen atoms in total. The van der Waals surface area contributed by atoms with Gasteiger partial charge in [0.15, 0.2) is 6.29 Å². The van der Waals surface area contributed by atoms with E-state index in [0.29, 0.717) is 6.10 Å². The van der Waals surface area contributed by atoms with E-state index in [1.54, 1.807) is 0 Å². The van der Waals surface area contributed by atoms with E-state index in [1.807, 2.05) is 18.2 Å². The van der Waals surface area contributed by atoms with Crippen molar-refractivity contribution < 1.29 is 9.47 Å². The lowest BCUT2D eigenvalue weighted by molar-refractivity contribution is -0.136. The third-order valence-electron chi connectivity index (χ3n) is 3.86. The Balaban J connectivity index is 1.64. The second-order valence-corrected chi connectivity index (χ2v) is 5.61. The van der Waals surface area contributed by atoms with E-state index >= 15 is 0 Å². The number of benzene rings is 1. The van der Waals surface area contributed by atoms with Crippen LogP contribution in [-0.2, 0) is 11.2 Å². The summed E-state index contributed by atoms with van der Waals surface area (Å²) in [6.45, 7) is 0. The molecular formula is C15H19ClO2. The molecule has 0 saturated heterocycles. The first-order valence-corrected chi connectivity index (χ1v) is 7.30. The molecule has 0 bridgehead atoms. The zero-order chi connectivity index (χ0) is 12.4. The monoisotopic (exact) mass is 266 g/mol. The van der Waals surface area contributed by atoms with Crippen molar-refractivity contribution in [3.05, 3.63) is 28.8 Å². The van der Waals surface area contributed by atoms with E-state index in [4.69, 9.17) is 21.1 Å². The highest BCUT2D eigenvalue weighted by molar-refractivity contribution is 6.31. The van der Waals surface area contributed by atoms with Crippen LogP contribution in [0.15, 0.2) is 18.2 Å². The summed E-state index contributed by atoms with van der Waals surface area (Å²) in [6, 6.07) is 5.84. The Labute approximate surface area is 113 Å². The number of hydrogen-bond acceptors (Lipinski definition) is 2. The van der Waals surface area contributed by atoms with Crippen LogP contribution in [-0.4, -0.2) is 12.4 Å². The Morgan fingerprint density at radius 1 is 1.11 bits per heavy atom. The molecule has 2 aliphatic rings. The quantitative estimate of drug-likeness (QED) is 0.793. The lowest BCUT2D eigenvalue weighted by Crippen LogP contribution is -2.31. The zero-order valence-electron chi connectivity index (χ0n) is 10.5. The third-order valence-corrected chi connectivity index (χ3v) is 4.21. The molecule has 0 spiro atoms. The average Bonchev–Trinajstić information content (AvgIpc) is 2.40. The molecule has 1 fully saturated rings. The van der Waals surface area contributed by atoms with Crippen LogP contribution in [0.3, 0.4) is 0 Å². The second-order valence-electron chi connectivity index (χ2n) is 5.20. The minimum atomic E-state index is -0.0842. The van der Waals surface area contributed by atoms with Gasteiger partial charge in [0, 0.05) is 17.0 Å². The predicted molar refractivity (Wildman–Crippen MR) is 72.1 cm³/mol. The topological polar surface area (TPSA) is 18.5 Å².